The van der Waals surface area contributed by atoms with Crippen molar-refractivity contribution in [1.82, 2.24) is 20.3 Å². The van der Waals surface area contributed by atoms with Crippen molar-refractivity contribution >= 4 is 11.6 Å². The minimum absolute atomic E-state index is 0.0916. The Kier molecular flexibility index (Phi) is 5.22. The summed E-state index contributed by atoms with van der Waals surface area (Å²) in [6.07, 6.45) is 3.22. The van der Waals surface area contributed by atoms with Crippen molar-refractivity contribution in [2.45, 2.75) is 0 Å². The van der Waals surface area contributed by atoms with Crippen molar-refractivity contribution in [2.75, 3.05) is 32.1 Å². The van der Waals surface area contributed by atoms with Gasteiger partial charge >= 0.3 is 0 Å². The molecular weight excluding hydrogens is 258 g/mol. The summed E-state index contributed by atoms with van der Waals surface area (Å²) >= 11 is 0. The van der Waals surface area contributed by atoms with Gasteiger partial charge in [-0.1, -0.05) is 0 Å². The van der Waals surface area contributed by atoms with E-state index in [2.05, 4.69) is 20.8 Å². The number of ether oxygens (including phenoxy) is 1. The van der Waals surface area contributed by atoms with Crippen molar-refractivity contribution in [1.29, 1.82) is 0 Å². The lowest BCUT2D eigenvalue weighted by atomic mass is 10.3. The first kappa shape index (κ1) is 14.2. The van der Waals surface area contributed by atoms with Crippen LogP contribution in [-0.4, -0.2) is 47.7 Å². The first-order valence-corrected chi connectivity index (χ1v) is 6.26. The number of carbonyl (C=O) groups excluding carboxylic acids is 1. The average molecular weight is 275 g/mol. The predicted octanol–water partition coefficient (Wildman–Crippen LogP) is 0.442. The summed E-state index contributed by atoms with van der Waals surface area (Å²) in [6.45, 7) is 1.48. The number of carbonyl (C=O) groups is 1. The van der Waals surface area contributed by atoms with Gasteiger partial charge in [0.15, 0.2) is 0 Å². The van der Waals surface area contributed by atoms with E-state index in [1.807, 2.05) is 24.3 Å². The first-order valence-electron chi connectivity index (χ1n) is 6.26. The molecule has 20 heavy (non-hydrogen) atoms. The minimum atomic E-state index is -0.0916. The zero-order chi connectivity index (χ0) is 14.2. The summed E-state index contributed by atoms with van der Waals surface area (Å²) < 4.78 is 4.88. The zero-order valence-corrected chi connectivity index (χ0v) is 11.2. The highest BCUT2D eigenvalue weighted by Crippen LogP contribution is 2.11. The highest BCUT2D eigenvalue weighted by atomic mass is 16.5. The number of nitrogens with zero attached hydrogens (tertiary/aromatic N) is 3. The Morgan fingerprint density at radius 3 is 2.60 bits per heavy atom. The van der Waals surface area contributed by atoms with Crippen LogP contribution in [0, 0.1) is 0 Å². The van der Waals surface area contributed by atoms with E-state index in [0.717, 1.165) is 11.4 Å². The molecule has 1 heterocycles. The Morgan fingerprint density at radius 1 is 1.25 bits per heavy atom. The summed E-state index contributed by atoms with van der Waals surface area (Å²) in [6, 6.07) is 7.30. The standard InChI is InChI=1S/C13H17N5O2/c1-20-9-8-14-10-13(19)17-11-2-4-12(5-3-11)18-15-6-7-16-18/h2-7,14H,8-10H2,1H3,(H,17,19). The summed E-state index contributed by atoms with van der Waals surface area (Å²) in [4.78, 5) is 13.2. The van der Waals surface area contributed by atoms with Crippen LogP contribution in [0.3, 0.4) is 0 Å². The second kappa shape index (κ2) is 7.37. The molecule has 0 unspecified atom stereocenters. The predicted molar refractivity (Wildman–Crippen MR) is 74.7 cm³/mol. The largest absolute Gasteiger partial charge is 0.383 e. The van der Waals surface area contributed by atoms with Crippen molar-refractivity contribution in [2.24, 2.45) is 0 Å². The van der Waals surface area contributed by atoms with Crippen LogP contribution in [-0.2, 0) is 9.53 Å². The number of hydrogen-bond donors (Lipinski definition) is 2. The van der Waals surface area contributed by atoms with Crippen LogP contribution in [0.2, 0.25) is 0 Å². The summed E-state index contributed by atoms with van der Waals surface area (Å²) in [5.74, 6) is -0.0916. The Balaban J connectivity index is 1.83. The molecule has 0 saturated carbocycles. The van der Waals surface area contributed by atoms with E-state index < -0.39 is 0 Å². The number of anilines is 1. The molecule has 7 nitrogen and oxygen atoms in total. The summed E-state index contributed by atoms with van der Waals surface area (Å²) in [5, 5.41) is 13.8. The number of nitrogens with one attached hydrogen (secondary N) is 2. The molecule has 0 fully saturated rings. The van der Waals surface area contributed by atoms with E-state index in [4.69, 9.17) is 4.74 Å². The van der Waals surface area contributed by atoms with Crippen molar-refractivity contribution < 1.29 is 9.53 Å². The SMILES string of the molecule is COCCNCC(=O)Nc1ccc(-n2nccn2)cc1. The quantitative estimate of drug-likeness (QED) is 0.717. The van der Waals surface area contributed by atoms with E-state index in [1.54, 1.807) is 19.5 Å². The molecule has 1 aromatic heterocycles. The first-order chi connectivity index (χ1) is 9.79. The maximum Gasteiger partial charge on any atom is 0.238 e. The van der Waals surface area contributed by atoms with Crippen LogP contribution in [0.1, 0.15) is 0 Å². The van der Waals surface area contributed by atoms with Gasteiger partial charge in [0.1, 0.15) is 0 Å². The molecule has 1 amide bonds. The van der Waals surface area contributed by atoms with E-state index in [1.165, 1.54) is 4.80 Å². The van der Waals surface area contributed by atoms with Crippen LogP contribution in [0.15, 0.2) is 36.7 Å². The van der Waals surface area contributed by atoms with Gasteiger partial charge in [-0.15, -0.1) is 0 Å². The maximum absolute atomic E-state index is 11.6. The number of methoxy groups -OCH3 is 1. The fourth-order valence-electron chi connectivity index (χ4n) is 1.61. The number of hydrogen-bond acceptors (Lipinski definition) is 5. The van der Waals surface area contributed by atoms with Gasteiger partial charge in [-0.05, 0) is 24.3 Å². The van der Waals surface area contributed by atoms with Gasteiger partial charge in [-0.25, -0.2) is 0 Å². The molecule has 2 N–H and O–H groups in total. The molecule has 1 aromatic carbocycles. The molecule has 0 aliphatic rings. The van der Waals surface area contributed by atoms with Crippen molar-refractivity contribution in [3.05, 3.63) is 36.7 Å². The molecule has 0 bridgehead atoms. The van der Waals surface area contributed by atoms with Crippen LogP contribution in [0.4, 0.5) is 5.69 Å². The van der Waals surface area contributed by atoms with Gasteiger partial charge in [0, 0.05) is 19.3 Å². The molecular formula is C13H17N5O2. The molecule has 2 rings (SSSR count). The third-order valence-electron chi connectivity index (χ3n) is 2.57. The van der Waals surface area contributed by atoms with Crippen LogP contribution in [0.5, 0.6) is 0 Å². The van der Waals surface area contributed by atoms with E-state index >= 15 is 0 Å². The molecule has 0 radical (unpaired) electrons. The molecule has 0 aliphatic heterocycles. The number of rotatable bonds is 7. The molecule has 0 spiro atoms. The molecule has 106 valence electrons. The molecule has 0 atom stereocenters. The summed E-state index contributed by atoms with van der Waals surface area (Å²) in [5.41, 5.74) is 1.57. The third-order valence-corrected chi connectivity index (χ3v) is 2.57. The second-order valence-corrected chi connectivity index (χ2v) is 4.08. The Labute approximate surface area is 116 Å². The minimum Gasteiger partial charge on any atom is -0.383 e. The monoisotopic (exact) mass is 275 g/mol. The lowest BCUT2D eigenvalue weighted by Crippen LogP contribution is -2.30. The topological polar surface area (TPSA) is 81.1 Å². The highest BCUT2D eigenvalue weighted by molar-refractivity contribution is 5.92. The smallest absolute Gasteiger partial charge is 0.238 e. The Hall–Kier alpha value is -2.25. The van der Waals surface area contributed by atoms with Crippen LogP contribution in [0.25, 0.3) is 5.69 Å². The normalized spacial score (nSPS) is 10.4. The van der Waals surface area contributed by atoms with Gasteiger partial charge < -0.3 is 15.4 Å². The van der Waals surface area contributed by atoms with Gasteiger partial charge in [0.25, 0.3) is 0 Å². The Morgan fingerprint density at radius 2 is 1.95 bits per heavy atom. The van der Waals surface area contributed by atoms with Crippen molar-refractivity contribution in [3.8, 4) is 5.69 Å². The number of aromatic nitrogens is 3. The lowest BCUT2D eigenvalue weighted by molar-refractivity contribution is -0.115. The van der Waals surface area contributed by atoms with Crippen LogP contribution < -0.4 is 10.6 Å². The van der Waals surface area contributed by atoms with E-state index in [9.17, 15) is 4.79 Å². The molecule has 0 aliphatic carbocycles. The maximum atomic E-state index is 11.6. The highest BCUT2D eigenvalue weighted by Gasteiger charge is 2.02. The molecule has 7 heteroatoms. The lowest BCUT2D eigenvalue weighted by Gasteiger charge is -2.07. The molecule has 2 aromatic rings. The van der Waals surface area contributed by atoms with Gasteiger partial charge in [-0.2, -0.15) is 15.0 Å². The van der Waals surface area contributed by atoms with Crippen LogP contribution >= 0.6 is 0 Å². The van der Waals surface area contributed by atoms with Gasteiger partial charge in [0.2, 0.25) is 5.91 Å². The van der Waals surface area contributed by atoms with Gasteiger partial charge in [-0.3, -0.25) is 4.79 Å². The van der Waals surface area contributed by atoms with Crippen molar-refractivity contribution in [3.63, 3.8) is 0 Å². The van der Waals surface area contributed by atoms with E-state index in [0.29, 0.717) is 13.2 Å². The summed E-state index contributed by atoms with van der Waals surface area (Å²) in [7, 11) is 1.62. The zero-order valence-electron chi connectivity index (χ0n) is 11.2. The third kappa shape index (κ3) is 4.15. The molecule has 0 saturated heterocycles. The second-order valence-electron chi connectivity index (χ2n) is 4.08. The van der Waals surface area contributed by atoms with Gasteiger partial charge in [0.05, 0.1) is 31.2 Å². The number of benzene rings is 1. The fourth-order valence-corrected chi connectivity index (χ4v) is 1.61. The fraction of sp³-hybridized carbons (Fsp3) is 0.308. The number of amides is 1. The average Bonchev–Trinajstić information content (AvgIpc) is 2.99. The Bertz CT molecular complexity index is 524. The van der Waals surface area contributed by atoms with E-state index in [-0.39, 0.29) is 12.5 Å².